The number of rotatable bonds is 8. The summed E-state index contributed by atoms with van der Waals surface area (Å²) in [4.78, 5) is 30.3. The van der Waals surface area contributed by atoms with Crippen LogP contribution in [0.1, 0.15) is 11.1 Å². The lowest BCUT2D eigenvalue weighted by atomic mass is 10.1. The van der Waals surface area contributed by atoms with Gasteiger partial charge in [-0.2, -0.15) is 0 Å². The highest BCUT2D eigenvalue weighted by Gasteiger charge is 2.24. The van der Waals surface area contributed by atoms with Gasteiger partial charge < -0.3 is 15.4 Å². The molecule has 0 radical (unpaired) electrons. The summed E-state index contributed by atoms with van der Waals surface area (Å²) in [7, 11) is 0. The summed E-state index contributed by atoms with van der Waals surface area (Å²) >= 11 is 9.19. The Hall–Kier alpha value is -2.55. The summed E-state index contributed by atoms with van der Waals surface area (Å²) in [5.41, 5.74) is 4.36. The van der Waals surface area contributed by atoms with Gasteiger partial charge in [0.15, 0.2) is 0 Å². The molecule has 9 heteroatoms. The first-order valence-corrected chi connectivity index (χ1v) is 10.4. The summed E-state index contributed by atoms with van der Waals surface area (Å²) in [6.45, 7) is 0.362. The molecule has 0 spiro atoms. The van der Waals surface area contributed by atoms with Crippen LogP contribution in [0.25, 0.3) is 0 Å². The SMILES string of the molecule is O=C(N[C@@H](Cc1ccc(Cl)cc1)C(=O)NCC1C=C(Br)NO1)OCc1ccccc1. The third-order valence-electron chi connectivity index (χ3n) is 4.29. The van der Waals surface area contributed by atoms with Crippen molar-refractivity contribution in [3.05, 3.63) is 81.4 Å². The lowest BCUT2D eigenvalue weighted by Gasteiger charge is -2.19. The summed E-state index contributed by atoms with van der Waals surface area (Å²) in [6, 6.07) is 15.6. The fourth-order valence-corrected chi connectivity index (χ4v) is 3.27. The van der Waals surface area contributed by atoms with E-state index in [9.17, 15) is 9.59 Å². The molecule has 1 unspecified atom stereocenters. The molecule has 3 rings (SSSR count). The van der Waals surface area contributed by atoms with Crippen LogP contribution in [0, 0.1) is 0 Å². The zero-order chi connectivity index (χ0) is 21.3. The summed E-state index contributed by atoms with van der Waals surface area (Å²) in [6.07, 6.45) is 1.09. The molecule has 0 saturated heterocycles. The Morgan fingerprint density at radius 3 is 2.53 bits per heavy atom. The van der Waals surface area contributed by atoms with E-state index in [1.54, 1.807) is 18.2 Å². The highest BCUT2D eigenvalue weighted by atomic mass is 79.9. The van der Waals surface area contributed by atoms with Crippen molar-refractivity contribution in [3.63, 3.8) is 0 Å². The van der Waals surface area contributed by atoms with E-state index in [4.69, 9.17) is 21.2 Å². The average Bonchev–Trinajstić information content (AvgIpc) is 3.17. The Bertz CT molecular complexity index is 893. The lowest BCUT2D eigenvalue weighted by Crippen LogP contribution is -2.49. The lowest BCUT2D eigenvalue weighted by molar-refractivity contribution is -0.123. The van der Waals surface area contributed by atoms with Crippen molar-refractivity contribution >= 4 is 39.5 Å². The minimum Gasteiger partial charge on any atom is -0.445 e. The Balaban J connectivity index is 1.59. The largest absolute Gasteiger partial charge is 0.445 e. The van der Waals surface area contributed by atoms with Crippen LogP contribution in [0.15, 0.2) is 65.3 Å². The highest BCUT2D eigenvalue weighted by molar-refractivity contribution is 9.11. The van der Waals surface area contributed by atoms with Crippen molar-refractivity contribution in [3.8, 4) is 0 Å². The predicted octanol–water partition coefficient (Wildman–Crippen LogP) is 3.43. The van der Waals surface area contributed by atoms with Crippen LogP contribution in [-0.2, 0) is 27.4 Å². The van der Waals surface area contributed by atoms with Crippen LogP contribution in [-0.4, -0.2) is 30.7 Å². The molecule has 2 aromatic rings. The molecule has 0 saturated carbocycles. The average molecular weight is 495 g/mol. The Morgan fingerprint density at radius 1 is 1.13 bits per heavy atom. The zero-order valence-corrected chi connectivity index (χ0v) is 18.3. The molecule has 0 fully saturated rings. The second kappa shape index (κ2) is 11.0. The van der Waals surface area contributed by atoms with Crippen molar-refractivity contribution in [2.45, 2.75) is 25.2 Å². The first kappa shape index (κ1) is 22.1. The third kappa shape index (κ3) is 7.05. The van der Waals surface area contributed by atoms with Crippen molar-refractivity contribution in [2.24, 2.45) is 0 Å². The van der Waals surface area contributed by atoms with E-state index in [0.717, 1.165) is 11.1 Å². The normalized spacial score (nSPS) is 16.2. The van der Waals surface area contributed by atoms with E-state index in [1.165, 1.54) is 0 Å². The van der Waals surface area contributed by atoms with E-state index in [0.29, 0.717) is 9.63 Å². The van der Waals surface area contributed by atoms with Gasteiger partial charge in [0.05, 0.1) is 6.54 Å². The van der Waals surface area contributed by atoms with E-state index in [-0.39, 0.29) is 31.6 Å². The van der Waals surface area contributed by atoms with Gasteiger partial charge in [0.1, 0.15) is 23.4 Å². The van der Waals surface area contributed by atoms with Gasteiger partial charge in [-0.1, -0.05) is 54.1 Å². The molecule has 2 amide bonds. The number of benzene rings is 2. The number of hydrogen-bond acceptors (Lipinski definition) is 5. The van der Waals surface area contributed by atoms with Crippen LogP contribution in [0.4, 0.5) is 4.79 Å². The topological polar surface area (TPSA) is 88.7 Å². The molecule has 1 heterocycles. The second-order valence-electron chi connectivity index (χ2n) is 6.61. The molecule has 1 aliphatic heterocycles. The number of carbonyl (C=O) groups excluding carboxylic acids is 2. The van der Waals surface area contributed by atoms with Crippen molar-refractivity contribution in [1.29, 1.82) is 0 Å². The van der Waals surface area contributed by atoms with Crippen LogP contribution in [0.3, 0.4) is 0 Å². The number of amides is 2. The fourth-order valence-electron chi connectivity index (χ4n) is 2.76. The quantitative estimate of drug-likeness (QED) is 0.489. The summed E-state index contributed by atoms with van der Waals surface area (Å²) < 4.78 is 5.95. The minimum absolute atomic E-state index is 0.113. The van der Waals surface area contributed by atoms with Gasteiger partial charge >= 0.3 is 6.09 Å². The number of alkyl carbamates (subject to hydrolysis) is 1. The molecule has 0 aromatic heterocycles. The molecule has 30 heavy (non-hydrogen) atoms. The maximum absolute atomic E-state index is 12.7. The fraction of sp³-hybridized carbons (Fsp3) is 0.238. The molecule has 0 bridgehead atoms. The number of halogens is 2. The van der Waals surface area contributed by atoms with Crippen LogP contribution in [0.2, 0.25) is 5.02 Å². The van der Waals surface area contributed by atoms with Crippen molar-refractivity contribution in [2.75, 3.05) is 6.54 Å². The Labute approximate surface area is 187 Å². The van der Waals surface area contributed by atoms with E-state index < -0.39 is 12.1 Å². The van der Waals surface area contributed by atoms with Gasteiger partial charge in [-0.15, -0.1) is 0 Å². The molecule has 3 N–H and O–H groups in total. The maximum Gasteiger partial charge on any atom is 0.408 e. The molecule has 1 aliphatic rings. The van der Waals surface area contributed by atoms with Gasteiger partial charge in [-0.25, -0.2) is 4.79 Å². The van der Waals surface area contributed by atoms with Crippen LogP contribution < -0.4 is 16.1 Å². The van der Waals surface area contributed by atoms with Gasteiger partial charge in [0.2, 0.25) is 5.91 Å². The minimum atomic E-state index is -0.823. The number of hydroxylamine groups is 1. The molecule has 7 nitrogen and oxygen atoms in total. The highest BCUT2D eigenvalue weighted by Crippen LogP contribution is 2.13. The smallest absolute Gasteiger partial charge is 0.408 e. The zero-order valence-electron chi connectivity index (χ0n) is 15.9. The monoisotopic (exact) mass is 493 g/mol. The van der Waals surface area contributed by atoms with Crippen LogP contribution >= 0.6 is 27.5 Å². The van der Waals surface area contributed by atoms with Gasteiger partial charge in [-0.3, -0.25) is 15.1 Å². The predicted molar refractivity (Wildman–Crippen MR) is 117 cm³/mol. The number of carbonyl (C=O) groups is 2. The number of hydrogen-bond donors (Lipinski definition) is 3. The molecule has 158 valence electrons. The van der Waals surface area contributed by atoms with Gasteiger partial charge in [-0.05, 0) is 45.3 Å². The summed E-state index contributed by atoms with van der Waals surface area (Å²) in [5, 5.41) is 6.03. The molecule has 2 atom stereocenters. The third-order valence-corrected chi connectivity index (χ3v) is 4.97. The Kier molecular flexibility index (Phi) is 8.12. The molecular formula is C21H21BrClN3O4. The van der Waals surface area contributed by atoms with Crippen LogP contribution in [0.5, 0.6) is 0 Å². The van der Waals surface area contributed by atoms with Crippen molar-refractivity contribution in [1.82, 2.24) is 16.1 Å². The maximum atomic E-state index is 12.7. The first-order valence-electron chi connectivity index (χ1n) is 9.28. The number of nitrogens with one attached hydrogen (secondary N) is 3. The van der Waals surface area contributed by atoms with E-state index in [2.05, 4.69) is 32.0 Å². The van der Waals surface area contributed by atoms with E-state index >= 15 is 0 Å². The molecular weight excluding hydrogens is 474 g/mol. The van der Waals surface area contributed by atoms with Crippen molar-refractivity contribution < 1.29 is 19.2 Å². The van der Waals surface area contributed by atoms with E-state index in [1.807, 2.05) is 42.5 Å². The molecule has 2 aromatic carbocycles. The molecule has 0 aliphatic carbocycles. The van der Waals surface area contributed by atoms with Gasteiger partial charge in [0, 0.05) is 11.4 Å². The second-order valence-corrected chi connectivity index (χ2v) is 7.90. The number of ether oxygens (including phenoxy) is 1. The first-order chi connectivity index (χ1) is 14.5. The Morgan fingerprint density at radius 2 is 1.87 bits per heavy atom. The standard InChI is InChI=1S/C21H21BrClN3O4/c22-19-11-17(30-26-19)12-24-20(27)18(10-14-6-8-16(23)9-7-14)25-21(28)29-13-15-4-2-1-3-5-15/h1-9,11,17-18,26H,10,12-13H2,(H,24,27)(H,25,28)/t17?,18-/m0/s1. The van der Waals surface area contributed by atoms with Gasteiger partial charge in [0.25, 0.3) is 0 Å². The summed E-state index contributed by atoms with van der Waals surface area (Å²) in [5.74, 6) is -0.346.